The Hall–Kier alpha value is -4.06. The first-order valence-corrected chi connectivity index (χ1v) is 9.40. The van der Waals surface area contributed by atoms with E-state index in [1.807, 2.05) is 0 Å². The number of aromatic nitrogens is 1. The highest BCUT2D eigenvalue weighted by Gasteiger charge is 2.19. The molecular weight excluding hydrogens is 414 g/mol. The van der Waals surface area contributed by atoms with Gasteiger partial charge >= 0.3 is 5.69 Å². The van der Waals surface area contributed by atoms with Crippen LogP contribution in [0.2, 0.25) is 0 Å². The molecule has 0 unspecified atom stereocenters. The predicted molar refractivity (Wildman–Crippen MR) is 111 cm³/mol. The van der Waals surface area contributed by atoms with Gasteiger partial charge in [0.1, 0.15) is 0 Å². The highest BCUT2D eigenvalue weighted by molar-refractivity contribution is 7.14. The number of hydrazone groups is 1. The first-order chi connectivity index (χ1) is 14.4. The highest BCUT2D eigenvalue weighted by atomic mass is 32.1. The SMILES string of the molecule is CCOc1cc(/C=N/Nc2nc(-c3ccc([N+](=O)[O-])cc3)cs2)cc([N+](=O)[O-])c1O. The molecule has 154 valence electrons. The van der Waals surface area contributed by atoms with Crippen LogP contribution < -0.4 is 10.2 Å². The van der Waals surface area contributed by atoms with Crippen LogP contribution in [0.25, 0.3) is 11.3 Å². The number of aromatic hydroxyl groups is 1. The summed E-state index contributed by atoms with van der Waals surface area (Å²) in [7, 11) is 0. The van der Waals surface area contributed by atoms with E-state index >= 15 is 0 Å². The minimum Gasteiger partial charge on any atom is -0.500 e. The lowest BCUT2D eigenvalue weighted by Crippen LogP contribution is -1.98. The van der Waals surface area contributed by atoms with Gasteiger partial charge in [-0.15, -0.1) is 11.3 Å². The Kier molecular flexibility index (Phi) is 6.17. The number of thiazole rings is 1. The maximum atomic E-state index is 11.1. The molecule has 3 aromatic rings. The van der Waals surface area contributed by atoms with Crippen molar-refractivity contribution in [1.82, 2.24) is 4.98 Å². The molecule has 0 saturated carbocycles. The molecule has 30 heavy (non-hydrogen) atoms. The van der Waals surface area contributed by atoms with E-state index in [0.29, 0.717) is 22.0 Å². The van der Waals surface area contributed by atoms with E-state index < -0.39 is 21.3 Å². The van der Waals surface area contributed by atoms with Gasteiger partial charge < -0.3 is 9.84 Å². The molecule has 0 fully saturated rings. The summed E-state index contributed by atoms with van der Waals surface area (Å²) in [6.45, 7) is 1.92. The minimum atomic E-state index is -0.708. The van der Waals surface area contributed by atoms with Gasteiger partial charge in [-0.1, -0.05) is 0 Å². The number of rotatable bonds is 8. The molecule has 1 aromatic heterocycles. The predicted octanol–water partition coefficient (Wildman–Crippen LogP) is 4.18. The molecule has 1 heterocycles. The topological polar surface area (TPSA) is 153 Å². The molecule has 0 aliphatic rings. The molecule has 3 rings (SSSR count). The van der Waals surface area contributed by atoms with Gasteiger partial charge in [-0.3, -0.25) is 25.7 Å². The summed E-state index contributed by atoms with van der Waals surface area (Å²) in [6.07, 6.45) is 1.34. The average Bonchev–Trinajstić information content (AvgIpc) is 3.19. The minimum absolute atomic E-state index is 0.00802. The lowest BCUT2D eigenvalue weighted by atomic mass is 10.1. The van der Waals surface area contributed by atoms with Crippen LogP contribution in [0.15, 0.2) is 46.9 Å². The summed E-state index contributed by atoms with van der Waals surface area (Å²) in [5.74, 6) is -0.553. The van der Waals surface area contributed by atoms with Crippen LogP contribution in [0, 0.1) is 20.2 Å². The maximum absolute atomic E-state index is 11.1. The smallest absolute Gasteiger partial charge is 0.315 e. The van der Waals surface area contributed by atoms with Crippen molar-refractivity contribution in [3.63, 3.8) is 0 Å². The van der Waals surface area contributed by atoms with Crippen LogP contribution >= 0.6 is 11.3 Å². The number of phenols is 1. The summed E-state index contributed by atoms with van der Waals surface area (Å²) < 4.78 is 5.22. The second-order valence-corrected chi connectivity index (χ2v) is 6.65. The quantitative estimate of drug-likeness (QED) is 0.307. The first-order valence-electron chi connectivity index (χ1n) is 8.52. The van der Waals surface area contributed by atoms with Crippen LogP contribution in [0.3, 0.4) is 0 Å². The normalized spacial score (nSPS) is 10.8. The van der Waals surface area contributed by atoms with Gasteiger partial charge in [0.25, 0.3) is 5.69 Å². The fourth-order valence-corrected chi connectivity index (χ4v) is 3.14. The Morgan fingerprint density at radius 2 is 1.97 bits per heavy atom. The van der Waals surface area contributed by atoms with E-state index in [1.165, 1.54) is 41.8 Å². The second-order valence-electron chi connectivity index (χ2n) is 5.79. The zero-order chi connectivity index (χ0) is 21.7. The first kappa shape index (κ1) is 20.7. The number of nitrogens with one attached hydrogen (secondary N) is 1. The molecule has 11 nitrogen and oxygen atoms in total. The van der Waals surface area contributed by atoms with Crippen molar-refractivity contribution < 1.29 is 19.7 Å². The number of non-ortho nitro benzene ring substituents is 1. The molecule has 0 aliphatic carbocycles. The third-order valence-electron chi connectivity index (χ3n) is 3.83. The largest absolute Gasteiger partial charge is 0.500 e. The monoisotopic (exact) mass is 429 g/mol. The van der Waals surface area contributed by atoms with E-state index in [0.717, 1.165) is 0 Å². The third-order valence-corrected chi connectivity index (χ3v) is 4.57. The molecule has 0 spiro atoms. The Balaban J connectivity index is 1.74. The third kappa shape index (κ3) is 4.67. The molecule has 0 radical (unpaired) electrons. The van der Waals surface area contributed by atoms with Crippen molar-refractivity contribution in [2.75, 3.05) is 12.0 Å². The van der Waals surface area contributed by atoms with Crippen molar-refractivity contribution in [3.8, 4) is 22.8 Å². The van der Waals surface area contributed by atoms with Crippen LogP contribution in [-0.2, 0) is 0 Å². The summed E-state index contributed by atoms with van der Waals surface area (Å²) in [4.78, 5) is 25.0. The fraction of sp³-hybridized carbons (Fsp3) is 0.111. The number of nitro groups is 2. The van der Waals surface area contributed by atoms with E-state index in [4.69, 9.17) is 4.74 Å². The summed E-state index contributed by atoms with van der Waals surface area (Å²) in [5.41, 5.74) is 3.91. The lowest BCUT2D eigenvalue weighted by Gasteiger charge is -2.07. The lowest BCUT2D eigenvalue weighted by molar-refractivity contribution is -0.386. The van der Waals surface area contributed by atoms with Crippen molar-refractivity contribution in [2.24, 2.45) is 5.10 Å². The Bertz CT molecular complexity index is 1110. The number of phenolic OH excluding ortho intramolecular Hbond substituents is 1. The van der Waals surface area contributed by atoms with Gasteiger partial charge in [-0.2, -0.15) is 5.10 Å². The molecular formula is C18H15N5O6S. The molecule has 0 atom stereocenters. The van der Waals surface area contributed by atoms with Gasteiger partial charge in [0.05, 0.1) is 28.4 Å². The van der Waals surface area contributed by atoms with Gasteiger partial charge in [-0.25, -0.2) is 4.98 Å². The molecule has 0 saturated heterocycles. The number of ether oxygens (including phenoxy) is 1. The van der Waals surface area contributed by atoms with Crippen LogP contribution in [-0.4, -0.2) is 32.8 Å². The van der Waals surface area contributed by atoms with Crippen molar-refractivity contribution in [3.05, 3.63) is 67.6 Å². The molecule has 2 aromatic carbocycles. The summed E-state index contributed by atoms with van der Waals surface area (Å²) in [6, 6.07) is 8.60. The molecule has 0 aliphatic heterocycles. The zero-order valence-corrected chi connectivity index (χ0v) is 16.3. The fourth-order valence-electron chi connectivity index (χ4n) is 2.47. The van der Waals surface area contributed by atoms with E-state index in [1.54, 1.807) is 24.4 Å². The van der Waals surface area contributed by atoms with Crippen LogP contribution in [0.5, 0.6) is 11.5 Å². The number of nitro benzene ring substituents is 2. The Morgan fingerprint density at radius 3 is 2.60 bits per heavy atom. The number of hydrogen-bond donors (Lipinski definition) is 2. The van der Waals surface area contributed by atoms with Crippen molar-refractivity contribution >= 4 is 34.1 Å². The van der Waals surface area contributed by atoms with Gasteiger partial charge in [-0.05, 0) is 25.1 Å². The zero-order valence-electron chi connectivity index (χ0n) is 15.5. The Labute approximate surface area is 173 Å². The Morgan fingerprint density at radius 1 is 1.23 bits per heavy atom. The number of benzene rings is 2. The van der Waals surface area contributed by atoms with E-state index in [2.05, 4.69) is 15.5 Å². The number of hydrogen-bond acceptors (Lipinski definition) is 10. The maximum Gasteiger partial charge on any atom is 0.315 e. The van der Waals surface area contributed by atoms with Crippen molar-refractivity contribution in [2.45, 2.75) is 6.92 Å². The van der Waals surface area contributed by atoms with Crippen molar-refractivity contribution in [1.29, 1.82) is 0 Å². The highest BCUT2D eigenvalue weighted by Crippen LogP contribution is 2.36. The van der Waals surface area contributed by atoms with Crippen LogP contribution in [0.4, 0.5) is 16.5 Å². The van der Waals surface area contributed by atoms with E-state index in [9.17, 15) is 25.3 Å². The second kappa shape index (κ2) is 8.96. The molecule has 0 bridgehead atoms. The standard InChI is InChI=1S/C18H15N5O6S/c1-2-29-16-8-11(7-15(17(16)24)23(27)28)9-19-21-18-20-14(10-30-18)12-3-5-13(6-4-12)22(25)26/h3-10,24H,2H2,1H3,(H,20,21)/b19-9+. The van der Waals surface area contributed by atoms with Gasteiger partial charge in [0.2, 0.25) is 10.9 Å². The summed E-state index contributed by atoms with van der Waals surface area (Å²) >= 11 is 1.27. The van der Waals surface area contributed by atoms with Gasteiger partial charge in [0, 0.05) is 34.7 Å². The molecule has 2 N–H and O–H groups in total. The molecule has 0 amide bonds. The molecule has 12 heteroatoms. The van der Waals surface area contributed by atoms with Gasteiger partial charge in [0.15, 0.2) is 5.75 Å². The summed E-state index contributed by atoms with van der Waals surface area (Å²) in [5, 5.41) is 38.0. The average molecular weight is 429 g/mol. The van der Waals surface area contributed by atoms with E-state index in [-0.39, 0.29) is 18.0 Å². The number of anilines is 1. The number of nitrogens with zero attached hydrogens (tertiary/aromatic N) is 4. The van der Waals surface area contributed by atoms with Crippen LogP contribution in [0.1, 0.15) is 12.5 Å².